The number of hydrogen-bond acceptors (Lipinski definition) is 7. The number of ether oxygens (including phenoxy) is 2. The van der Waals surface area contributed by atoms with Crippen molar-refractivity contribution in [3.05, 3.63) is 76.7 Å². The first kappa shape index (κ1) is 23.3. The summed E-state index contributed by atoms with van der Waals surface area (Å²) in [7, 11) is 3.11. The van der Waals surface area contributed by atoms with E-state index in [0.717, 1.165) is 34.3 Å². The second-order valence-electron chi connectivity index (χ2n) is 7.81. The highest BCUT2D eigenvalue weighted by atomic mass is 32.2. The monoisotopic (exact) mass is 505 g/mol. The summed E-state index contributed by atoms with van der Waals surface area (Å²) in [6.07, 6.45) is 0.734. The number of nitrogens with zero attached hydrogens (tertiary/aromatic N) is 2. The van der Waals surface area contributed by atoms with Crippen molar-refractivity contribution in [2.75, 3.05) is 31.0 Å². The molecule has 1 aromatic heterocycles. The molecule has 9 heteroatoms. The van der Waals surface area contributed by atoms with E-state index in [2.05, 4.69) is 5.32 Å². The highest BCUT2D eigenvalue weighted by Crippen LogP contribution is 2.33. The maximum absolute atomic E-state index is 13.4. The summed E-state index contributed by atoms with van der Waals surface area (Å²) in [5.74, 6) is 1.83. The number of anilines is 1. The molecule has 7 nitrogen and oxygen atoms in total. The Bertz CT molecular complexity index is 1480. The fraction of sp³-hybridized carbons (Fsp3) is 0.192. The average Bonchev–Trinajstić information content (AvgIpc) is 3.36. The second kappa shape index (κ2) is 10.1. The zero-order chi connectivity index (χ0) is 24.4. The Morgan fingerprint density at radius 2 is 1.89 bits per heavy atom. The molecule has 0 radical (unpaired) electrons. The van der Waals surface area contributed by atoms with Crippen molar-refractivity contribution < 1.29 is 14.3 Å². The molecular weight excluding hydrogens is 482 g/mol. The number of carbonyl (C=O) groups excluding carboxylic acids is 1. The molecule has 5 rings (SSSR count). The number of methoxy groups -OCH3 is 2. The van der Waals surface area contributed by atoms with Crippen LogP contribution in [0.5, 0.6) is 11.5 Å². The predicted octanol–water partition coefficient (Wildman–Crippen LogP) is 4.78. The number of carbonyl (C=O) groups is 1. The summed E-state index contributed by atoms with van der Waals surface area (Å²) >= 11 is 2.75. The van der Waals surface area contributed by atoms with Crippen molar-refractivity contribution in [2.45, 2.75) is 16.5 Å². The molecule has 0 bridgehead atoms. The summed E-state index contributed by atoms with van der Waals surface area (Å²) in [6, 6.07) is 19.0. The molecule has 0 saturated carbocycles. The van der Waals surface area contributed by atoms with Gasteiger partial charge in [0.1, 0.15) is 0 Å². The highest BCUT2D eigenvalue weighted by Gasteiger charge is 2.23. The van der Waals surface area contributed by atoms with Gasteiger partial charge in [-0.1, -0.05) is 48.2 Å². The first-order valence-corrected chi connectivity index (χ1v) is 13.0. The van der Waals surface area contributed by atoms with E-state index in [1.54, 1.807) is 37.0 Å². The van der Waals surface area contributed by atoms with Gasteiger partial charge in [0.15, 0.2) is 16.7 Å². The first-order chi connectivity index (χ1) is 17.1. The third-order valence-corrected chi connectivity index (χ3v) is 7.73. The van der Waals surface area contributed by atoms with Gasteiger partial charge in [-0.2, -0.15) is 0 Å². The lowest BCUT2D eigenvalue weighted by Crippen LogP contribution is -2.24. The number of hydrogen-bond donors (Lipinski definition) is 1. The lowest BCUT2D eigenvalue weighted by molar-refractivity contribution is -0.113. The van der Waals surface area contributed by atoms with E-state index in [1.807, 2.05) is 42.5 Å². The molecule has 35 heavy (non-hydrogen) atoms. The van der Waals surface area contributed by atoms with Gasteiger partial charge in [0.25, 0.3) is 5.56 Å². The van der Waals surface area contributed by atoms with Gasteiger partial charge in [0.2, 0.25) is 5.91 Å². The number of aryl methyl sites for hydroxylation is 1. The molecule has 1 aliphatic heterocycles. The Labute approximate surface area is 210 Å². The minimum atomic E-state index is -0.172. The Hall–Kier alpha value is -3.43. The number of amides is 1. The van der Waals surface area contributed by atoms with Crippen molar-refractivity contribution in [2.24, 2.45) is 0 Å². The van der Waals surface area contributed by atoms with Crippen LogP contribution in [-0.2, 0) is 11.2 Å². The molecule has 0 atom stereocenters. The van der Waals surface area contributed by atoms with Crippen LogP contribution in [0.4, 0.5) is 5.69 Å². The lowest BCUT2D eigenvalue weighted by Gasteiger charge is -2.16. The van der Waals surface area contributed by atoms with Crippen molar-refractivity contribution in [3.8, 4) is 17.2 Å². The maximum atomic E-state index is 13.4. The van der Waals surface area contributed by atoms with E-state index in [4.69, 9.17) is 14.5 Å². The Morgan fingerprint density at radius 1 is 1.09 bits per heavy atom. The predicted molar refractivity (Wildman–Crippen MR) is 141 cm³/mol. The molecule has 3 aromatic carbocycles. The topological polar surface area (TPSA) is 82.5 Å². The van der Waals surface area contributed by atoms with Gasteiger partial charge in [-0.15, -0.1) is 11.8 Å². The fourth-order valence-corrected chi connectivity index (χ4v) is 5.88. The molecule has 1 amide bonds. The largest absolute Gasteiger partial charge is 0.493 e. The summed E-state index contributed by atoms with van der Waals surface area (Å²) in [5, 5.41) is 5.50. The molecule has 0 unspecified atom stereocenters. The first-order valence-electron chi connectivity index (χ1n) is 11.0. The van der Waals surface area contributed by atoms with Crippen LogP contribution in [0.2, 0.25) is 0 Å². The minimum absolute atomic E-state index is 0.106. The smallest absolute Gasteiger partial charge is 0.272 e. The summed E-state index contributed by atoms with van der Waals surface area (Å²) in [4.78, 5) is 31.8. The highest BCUT2D eigenvalue weighted by molar-refractivity contribution is 8.00. The van der Waals surface area contributed by atoms with E-state index in [9.17, 15) is 9.59 Å². The fourth-order valence-electron chi connectivity index (χ4n) is 4.03. The van der Waals surface area contributed by atoms with Crippen molar-refractivity contribution >= 4 is 45.9 Å². The third kappa shape index (κ3) is 4.61. The van der Waals surface area contributed by atoms with Gasteiger partial charge in [0.05, 0.1) is 36.2 Å². The van der Waals surface area contributed by atoms with Crippen LogP contribution in [0.3, 0.4) is 0 Å². The van der Waals surface area contributed by atoms with E-state index >= 15 is 0 Å². The van der Waals surface area contributed by atoms with Crippen molar-refractivity contribution in [1.29, 1.82) is 0 Å². The van der Waals surface area contributed by atoms with Gasteiger partial charge in [-0.25, -0.2) is 4.98 Å². The SMILES string of the molecule is COc1ccc(-n2c(SCC(=O)Nc3cccc4ccccc34)nc3c(c2=O)SCC3)cc1OC. The maximum Gasteiger partial charge on any atom is 0.272 e. The normalized spacial score (nSPS) is 12.4. The van der Waals surface area contributed by atoms with Crippen LogP contribution in [0, 0.1) is 0 Å². The molecule has 4 aromatic rings. The molecule has 1 aliphatic rings. The van der Waals surface area contributed by atoms with Crippen LogP contribution in [0.25, 0.3) is 16.5 Å². The summed E-state index contributed by atoms with van der Waals surface area (Å²) < 4.78 is 12.3. The van der Waals surface area contributed by atoms with Crippen LogP contribution >= 0.6 is 23.5 Å². The zero-order valence-corrected chi connectivity index (χ0v) is 20.9. The van der Waals surface area contributed by atoms with Crippen LogP contribution in [0.1, 0.15) is 5.69 Å². The Morgan fingerprint density at radius 3 is 2.71 bits per heavy atom. The third-order valence-electron chi connectivity index (χ3n) is 5.69. The number of thioether (sulfide) groups is 2. The number of fused-ring (bicyclic) bond motifs is 2. The van der Waals surface area contributed by atoms with E-state index in [-0.39, 0.29) is 17.2 Å². The van der Waals surface area contributed by atoms with E-state index in [1.165, 1.54) is 23.5 Å². The molecule has 0 aliphatic carbocycles. The van der Waals surface area contributed by atoms with Crippen LogP contribution in [0.15, 0.2) is 75.5 Å². The van der Waals surface area contributed by atoms with Gasteiger partial charge in [-0.05, 0) is 23.6 Å². The minimum Gasteiger partial charge on any atom is -0.493 e. The van der Waals surface area contributed by atoms with Gasteiger partial charge >= 0.3 is 0 Å². The average molecular weight is 506 g/mol. The van der Waals surface area contributed by atoms with Gasteiger partial charge in [-0.3, -0.25) is 14.2 Å². The zero-order valence-electron chi connectivity index (χ0n) is 19.2. The lowest BCUT2D eigenvalue weighted by atomic mass is 10.1. The van der Waals surface area contributed by atoms with Gasteiger partial charge < -0.3 is 14.8 Å². The van der Waals surface area contributed by atoms with Crippen molar-refractivity contribution in [3.63, 3.8) is 0 Å². The number of aromatic nitrogens is 2. The number of nitrogens with one attached hydrogen (secondary N) is 1. The van der Waals surface area contributed by atoms with Crippen molar-refractivity contribution in [1.82, 2.24) is 9.55 Å². The van der Waals surface area contributed by atoms with Crippen LogP contribution < -0.4 is 20.3 Å². The molecular formula is C26H23N3O4S2. The number of benzene rings is 3. The summed E-state index contributed by atoms with van der Waals surface area (Å²) in [5.41, 5.74) is 2.01. The van der Waals surface area contributed by atoms with E-state index in [0.29, 0.717) is 27.2 Å². The number of rotatable bonds is 7. The molecule has 0 spiro atoms. The molecule has 1 N–H and O–H groups in total. The van der Waals surface area contributed by atoms with Crippen LogP contribution in [-0.4, -0.2) is 41.2 Å². The Balaban J connectivity index is 1.45. The molecule has 178 valence electrons. The van der Waals surface area contributed by atoms with Gasteiger partial charge in [0, 0.05) is 29.3 Å². The Kier molecular flexibility index (Phi) is 6.70. The molecule has 0 saturated heterocycles. The van der Waals surface area contributed by atoms with E-state index < -0.39 is 0 Å². The standard InChI is InChI=1S/C26H23N3O4S2/c1-32-21-11-10-17(14-22(21)33-2)29-25(31)24-20(12-13-34-24)28-26(29)35-15-23(30)27-19-9-5-7-16-6-3-4-8-18(16)19/h3-11,14H,12-13,15H2,1-2H3,(H,27,30). The molecule has 2 heterocycles. The summed E-state index contributed by atoms with van der Waals surface area (Å²) in [6.45, 7) is 0. The molecule has 0 fully saturated rings. The second-order valence-corrected chi connectivity index (χ2v) is 9.86. The quantitative estimate of drug-likeness (QED) is 0.286.